The number of hydrogen-bond donors (Lipinski definition) is 2. The first kappa shape index (κ1) is 21.8. The summed E-state index contributed by atoms with van der Waals surface area (Å²) < 4.78 is 7.45. The molecule has 0 aliphatic rings. The van der Waals surface area contributed by atoms with Gasteiger partial charge in [-0.05, 0) is 44.0 Å². The first-order valence-corrected chi connectivity index (χ1v) is 10.6. The number of aliphatic hydroxyl groups excluding tert-OH is 1. The standard InChI is InChI=1S/C24H29N5O3/c1-14(12-30)15-8-7-9-16(10-15)18-11-17-20-19(25-13-28(20)5)22(27-21(17)26-18)29(6)23(31)32-24(2,3)4/h7-11,13-14,30H,12H2,1-6H3,(H,26,27)/t14-/m1/s1. The van der Waals surface area contributed by atoms with Crippen molar-refractivity contribution in [1.29, 1.82) is 0 Å². The molecule has 8 nitrogen and oxygen atoms in total. The van der Waals surface area contributed by atoms with Crippen molar-refractivity contribution < 1.29 is 14.6 Å². The van der Waals surface area contributed by atoms with E-state index in [9.17, 15) is 9.90 Å². The molecule has 4 rings (SSSR count). The first-order chi connectivity index (χ1) is 15.1. The number of aromatic amines is 1. The lowest BCUT2D eigenvalue weighted by atomic mass is 9.99. The molecular formula is C24H29N5O3. The third-order valence-electron chi connectivity index (χ3n) is 5.44. The molecule has 0 aliphatic carbocycles. The summed E-state index contributed by atoms with van der Waals surface area (Å²) in [6.07, 6.45) is 1.22. The molecule has 168 valence electrons. The zero-order valence-corrected chi connectivity index (χ0v) is 19.3. The summed E-state index contributed by atoms with van der Waals surface area (Å²) in [4.78, 5) is 26.7. The Morgan fingerprint density at radius 2 is 2.06 bits per heavy atom. The molecule has 1 amide bonds. The molecule has 0 fully saturated rings. The highest BCUT2D eigenvalue weighted by molar-refractivity contribution is 6.09. The largest absolute Gasteiger partial charge is 0.443 e. The number of anilines is 1. The zero-order valence-electron chi connectivity index (χ0n) is 19.3. The minimum atomic E-state index is -0.616. The number of pyridine rings is 1. The number of benzene rings is 1. The maximum absolute atomic E-state index is 12.7. The number of H-pyrrole nitrogens is 1. The molecule has 0 spiro atoms. The van der Waals surface area contributed by atoms with E-state index >= 15 is 0 Å². The highest BCUT2D eigenvalue weighted by atomic mass is 16.6. The topological polar surface area (TPSA) is 96.3 Å². The average molecular weight is 436 g/mol. The van der Waals surface area contributed by atoms with Gasteiger partial charge in [0.2, 0.25) is 0 Å². The number of carbonyl (C=O) groups excluding carboxylic acids is 1. The Labute approximate surface area is 186 Å². The fourth-order valence-electron chi connectivity index (χ4n) is 3.71. The molecule has 0 radical (unpaired) electrons. The number of aromatic nitrogens is 4. The van der Waals surface area contributed by atoms with E-state index in [1.54, 1.807) is 13.4 Å². The van der Waals surface area contributed by atoms with Crippen molar-refractivity contribution >= 4 is 34.0 Å². The van der Waals surface area contributed by atoms with Gasteiger partial charge in [-0.1, -0.05) is 25.1 Å². The van der Waals surface area contributed by atoms with Gasteiger partial charge in [0.1, 0.15) is 16.8 Å². The normalized spacial score (nSPS) is 13.0. The van der Waals surface area contributed by atoms with E-state index in [4.69, 9.17) is 9.72 Å². The third kappa shape index (κ3) is 3.93. The molecule has 0 aliphatic heterocycles. The summed E-state index contributed by atoms with van der Waals surface area (Å²) >= 11 is 0. The average Bonchev–Trinajstić information content (AvgIpc) is 3.34. The van der Waals surface area contributed by atoms with Crippen LogP contribution >= 0.6 is 0 Å². The van der Waals surface area contributed by atoms with Crippen molar-refractivity contribution in [2.45, 2.75) is 39.2 Å². The van der Waals surface area contributed by atoms with E-state index in [1.165, 1.54) is 4.90 Å². The zero-order chi connectivity index (χ0) is 23.2. The number of amides is 1. The lowest BCUT2D eigenvalue weighted by Gasteiger charge is -2.24. The summed E-state index contributed by atoms with van der Waals surface area (Å²) in [5, 5.41) is 10.4. The maximum Gasteiger partial charge on any atom is 0.415 e. The van der Waals surface area contributed by atoms with Gasteiger partial charge in [0.25, 0.3) is 0 Å². The van der Waals surface area contributed by atoms with E-state index in [0.29, 0.717) is 17.0 Å². The minimum absolute atomic E-state index is 0.0512. The van der Waals surface area contributed by atoms with Crippen LogP contribution in [-0.4, -0.2) is 50.0 Å². The van der Waals surface area contributed by atoms with Crippen LogP contribution in [0.2, 0.25) is 0 Å². The monoisotopic (exact) mass is 435 g/mol. The van der Waals surface area contributed by atoms with Gasteiger partial charge >= 0.3 is 6.09 Å². The van der Waals surface area contributed by atoms with E-state index in [1.807, 2.05) is 63.6 Å². The second-order valence-electron chi connectivity index (χ2n) is 9.18. The van der Waals surface area contributed by atoms with Crippen molar-refractivity contribution in [1.82, 2.24) is 19.5 Å². The Balaban J connectivity index is 1.85. The molecule has 1 atom stereocenters. The van der Waals surface area contributed by atoms with Gasteiger partial charge in [0.15, 0.2) is 5.82 Å². The number of imidazole rings is 1. The van der Waals surface area contributed by atoms with Gasteiger partial charge in [-0.15, -0.1) is 0 Å². The number of hydrogen-bond acceptors (Lipinski definition) is 5. The molecule has 3 aromatic heterocycles. The summed E-state index contributed by atoms with van der Waals surface area (Å²) in [5.74, 6) is 0.480. The maximum atomic E-state index is 12.7. The second-order valence-corrected chi connectivity index (χ2v) is 9.18. The van der Waals surface area contributed by atoms with E-state index in [-0.39, 0.29) is 12.5 Å². The second kappa shape index (κ2) is 7.94. The number of aliphatic hydroxyl groups is 1. The van der Waals surface area contributed by atoms with Crippen LogP contribution in [0, 0.1) is 0 Å². The number of fused-ring (bicyclic) bond motifs is 3. The molecule has 32 heavy (non-hydrogen) atoms. The van der Waals surface area contributed by atoms with Crippen LogP contribution in [0.5, 0.6) is 0 Å². The van der Waals surface area contributed by atoms with Crippen LogP contribution in [0.15, 0.2) is 36.7 Å². The van der Waals surface area contributed by atoms with Gasteiger partial charge in [0, 0.05) is 37.7 Å². The highest BCUT2D eigenvalue weighted by Crippen LogP contribution is 2.34. The van der Waals surface area contributed by atoms with Crippen LogP contribution in [0.1, 0.15) is 39.2 Å². The number of ether oxygens (including phenoxy) is 1. The van der Waals surface area contributed by atoms with E-state index in [2.05, 4.69) is 16.0 Å². The lowest BCUT2D eigenvalue weighted by molar-refractivity contribution is 0.0588. The Kier molecular flexibility index (Phi) is 5.42. The van der Waals surface area contributed by atoms with Crippen molar-refractivity contribution in [3.8, 4) is 11.3 Å². The SMILES string of the molecule is C[C@H](CO)c1cccc(-c2cc3c(nc(N(C)C(=O)OC(C)(C)C)c4ncn(C)c43)[nH]2)c1. The number of nitrogens with zero attached hydrogens (tertiary/aromatic N) is 4. The number of aryl methyl sites for hydroxylation is 1. The Bertz CT molecular complexity index is 1300. The number of rotatable bonds is 4. The number of carbonyl (C=O) groups is 1. The van der Waals surface area contributed by atoms with Crippen molar-refractivity contribution in [2.24, 2.45) is 7.05 Å². The van der Waals surface area contributed by atoms with Crippen LogP contribution in [0.3, 0.4) is 0 Å². The quantitative estimate of drug-likeness (QED) is 0.489. The van der Waals surface area contributed by atoms with Gasteiger partial charge in [-0.25, -0.2) is 14.8 Å². The van der Waals surface area contributed by atoms with Crippen LogP contribution in [0.4, 0.5) is 10.6 Å². The summed E-state index contributed by atoms with van der Waals surface area (Å²) in [5.41, 5.74) is 4.51. The van der Waals surface area contributed by atoms with Gasteiger partial charge in [-0.2, -0.15) is 0 Å². The molecule has 2 N–H and O–H groups in total. The molecule has 0 unspecified atom stereocenters. The Morgan fingerprint density at radius 1 is 1.31 bits per heavy atom. The predicted molar refractivity (Wildman–Crippen MR) is 126 cm³/mol. The first-order valence-electron chi connectivity index (χ1n) is 10.6. The predicted octanol–water partition coefficient (Wildman–Crippen LogP) is 4.58. The molecule has 0 bridgehead atoms. The molecule has 8 heteroatoms. The fourth-order valence-corrected chi connectivity index (χ4v) is 3.71. The Hall–Kier alpha value is -3.39. The van der Waals surface area contributed by atoms with E-state index < -0.39 is 11.7 Å². The van der Waals surface area contributed by atoms with Crippen molar-refractivity contribution in [3.05, 3.63) is 42.2 Å². The minimum Gasteiger partial charge on any atom is -0.443 e. The smallest absolute Gasteiger partial charge is 0.415 e. The summed E-state index contributed by atoms with van der Waals surface area (Å²) in [6.45, 7) is 7.57. The third-order valence-corrected chi connectivity index (χ3v) is 5.44. The molecule has 0 saturated heterocycles. The van der Waals surface area contributed by atoms with Gasteiger partial charge < -0.3 is 19.4 Å². The van der Waals surface area contributed by atoms with Crippen LogP contribution in [0.25, 0.3) is 33.3 Å². The summed E-state index contributed by atoms with van der Waals surface area (Å²) in [7, 11) is 3.56. The molecule has 4 aromatic rings. The van der Waals surface area contributed by atoms with Crippen molar-refractivity contribution in [2.75, 3.05) is 18.6 Å². The lowest BCUT2D eigenvalue weighted by Crippen LogP contribution is -2.34. The molecule has 1 aromatic carbocycles. The molecule has 3 heterocycles. The van der Waals surface area contributed by atoms with Crippen molar-refractivity contribution in [3.63, 3.8) is 0 Å². The fraction of sp³-hybridized carbons (Fsp3) is 0.375. The van der Waals surface area contributed by atoms with Gasteiger partial charge in [0.05, 0.1) is 11.8 Å². The number of nitrogens with one attached hydrogen (secondary N) is 1. The van der Waals surface area contributed by atoms with Crippen LogP contribution in [-0.2, 0) is 11.8 Å². The highest BCUT2D eigenvalue weighted by Gasteiger charge is 2.25. The van der Waals surface area contributed by atoms with Crippen LogP contribution < -0.4 is 4.90 Å². The molecular weight excluding hydrogens is 406 g/mol. The molecule has 0 saturated carbocycles. The summed E-state index contributed by atoms with van der Waals surface area (Å²) in [6, 6.07) is 10.1. The Morgan fingerprint density at radius 3 is 2.75 bits per heavy atom. The van der Waals surface area contributed by atoms with E-state index in [0.717, 1.165) is 27.7 Å². The van der Waals surface area contributed by atoms with Gasteiger partial charge in [-0.3, -0.25) is 4.90 Å².